The van der Waals surface area contributed by atoms with E-state index in [2.05, 4.69) is 0 Å². The van der Waals surface area contributed by atoms with Crippen LogP contribution in [0.2, 0.25) is 5.02 Å². The first-order valence-corrected chi connectivity index (χ1v) is 8.86. The number of carbonyl (C=O) groups excluding carboxylic acids is 1. The summed E-state index contributed by atoms with van der Waals surface area (Å²) in [7, 11) is 1.77. The molecule has 0 unspecified atom stereocenters. The van der Waals surface area contributed by atoms with E-state index in [0.29, 0.717) is 5.03 Å². The number of Topliss-reactive ketones (excluding diaryl/α,β-unsaturated/α-hetero) is 1. The Morgan fingerprint density at radius 3 is 2.78 bits per heavy atom. The van der Waals surface area contributed by atoms with Gasteiger partial charge in [0.05, 0.1) is 10.6 Å². The summed E-state index contributed by atoms with van der Waals surface area (Å²) in [5.74, 6) is -0.653. The smallest absolute Gasteiger partial charge is 0.312 e. The van der Waals surface area contributed by atoms with Gasteiger partial charge >= 0.3 is 5.69 Å². The number of fused-ring (bicyclic) bond motifs is 1. The molecule has 0 saturated heterocycles. The Morgan fingerprint density at radius 2 is 2.11 bits per heavy atom. The Hall–Kier alpha value is -3.02. The molecule has 0 amide bonds. The zero-order chi connectivity index (χ0) is 19.6. The maximum atomic E-state index is 12.5. The summed E-state index contributed by atoms with van der Waals surface area (Å²) in [6, 6.07) is 13.3. The number of benzene rings is 2. The van der Waals surface area contributed by atoms with Crippen molar-refractivity contribution < 1.29 is 14.5 Å². The van der Waals surface area contributed by atoms with Crippen molar-refractivity contribution in [3.05, 3.63) is 68.2 Å². The van der Waals surface area contributed by atoms with Gasteiger partial charge < -0.3 is 9.64 Å². The molecule has 3 rings (SSSR count). The highest BCUT2D eigenvalue weighted by molar-refractivity contribution is 8.03. The highest BCUT2D eigenvalue weighted by Crippen LogP contribution is 2.46. The zero-order valence-corrected chi connectivity index (χ0v) is 15.6. The van der Waals surface area contributed by atoms with Crippen molar-refractivity contribution in [3.63, 3.8) is 0 Å². The third-order valence-electron chi connectivity index (χ3n) is 3.82. The quantitative estimate of drug-likeness (QED) is 0.321. The second-order valence-corrected chi connectivity index (χ2v) is 6.97. The van der Waals surface area contributed by atoms with E-state index in [1.807, 2.05) is 30.3 Å². The first-order chi connectivity index (χ1) is 12.9. The second-order valence-electron chi connectivity index (χ2n) is 5.50. The highest BCUT2D eigenvalue weighted by Gasteiger charge is 2.28. The van der Waals surface area contributed by atoms with E-state index in [9.17, 15) is 20.2 Å². The SMILES string of the molecule is CN1/C(=C(\C#N)C(=O)COc2ccc(Cl)cc2[N+](=O)[O-])Sc2ccccc21. The second kappa shape index (κ2) is 7.70. The first-order valence-electron chi connectivity index (χ1n) is 7.67. The number of rotatable bonds is 5. The van der Waals surface area contributed by atoms with E-state index < -0.39 is 17.3 Å². The largest absolute Gasteiger partial charge is 0.478 e. The highest BCUT2D eigenvalue weighted by atomic mass is 35.5. The van der Waals surface area contributed by atoms with Gasteiger partial charge in [-0.1, -0.05) is 35.5 Å². The Morgan fingerprint density at radius 1 is 1.37 bits per heavy atom. The van der Waals surface area contributed by atoms with Crippen LogP contribution < -0.4 is 9.64 Å². The molecule has 2 aromatic carbocycles. The molecule has 0 saturated carbocycles. The van der Waals surface area contributed by atoms with Gasteiger partial charge in [-0.3, -0.25) is 14.9 Å². The van der Waals surface area contributed by atoms with Crippen LogP contribution in [0.25, 0.3) is 0 Å². The van der Waals surface area contributed by atoms with Crippen LogP contribution in [0.4, 0.5) is 11.4 Å². The van der Waals surface area contributed by atoms with Gasteiger partial charge in [-0.2, -0.15) is 5.26 Å². The standard InChI is InChI=1S/C18H12ClN3O4S/c1-21-13-4-2-3-5-17(13)27-18(21)12(9-20)15(23)10-26-16-7-6-11(19)8-14(16)22(24)25/h2-8H,10H2,1H3/b18-12-. The predicted molar refractivity (Wildman–Crippen MR) is 102 cm³/mol. The Bertz CT molecular complexity index is 1020. The maximum Gasteiger partial charge on any atom is 0.312 e. The van der Waals surface area contributed by atoms with Gasteiger partial charge in [0.1, 0.15) is 16.7 Å². The van der Waals surface area contributed by atoms with E-state index in [1.165, 1.54) is 23.9 Å². The molecule has 0 aromatic heterocycles. The van der Waals surface area contributed by atoms with Crippen LogP contribution in [-0.4, -0.2) is 24.4 Å². The van der Waals surface area contributed by atoms with E-state index in [1.54, 1.807) is 11.9 Å². The fourth-order valence-corrected chi connectivity index (χ4v) is 3.85. The van der Waals surface area contributed by atoms with Crippen LogP contribution in [0.15, 0.2) is 58.0 Å². The number of thioether (sulfide) groups is 1. The molecule has 0 bridgehead atoms. The molecule has 0 radical (unpaired) electrons. The molecule has 27 heavy (non-hydrogen) atoms. The van der Waals surface area contributed by atoms with Crippen LogP contribution >= 0.6 is 23.4 Å². The summed E-state index contributed by atoms with van der Waals surface area (Å²) < 4.78 is 5.31. The minimum Gasteiger partial charge on any atom is -0.478 e. The number of para-hydroxylation sites is 1. The summed E-state index contributed by atoms with van der Waals surface area (Å²) in [4.78, 5) is 25.7. The fourth-order valence-electron chi connectivity index (χ4n) is 2.52. The topological polar surface area (TPSA) is 96.5 Å². The minimum absolute atomic E-state index is 0.0599. The zero-order valence-electron chi connectivity index (χ0n) is 14.0. The third-order valence-corrected chi connectivity index (χ3v) is 5.29. The summed E-state index contributed by atoms with van der Waals surface area (Å²) in [6.07, 6.45) is 0. The number of nitrogens with zero attached hydrogens (tertiary/aromatic N) is 3. The van der Waals surface area contributed by atoms with Gasteiger partial charge in [0.25, 0.3) is 0 Å². The molecule has 0 fully saturated rings. The molecule has 1 aliphatic rings. The van der Waals surface area contributed by atoms with Crippen LogP contribution in [0.5, 0.6) is 5.75 Å². The molecule has 7 nitrogen and oxygen atoms in total. The third kappa shape index (κ3) is 3.74. The molecule has 0 aliphatic carbocycles. The van der Waals surface area contributed by atoms with E-state index in [4.69, 9.17) is 16.3 Å². The van der Waals surface area contributed by atoms with Gasteiger partial charge in [-0.05, 0) is 24.3 Å². The van der Waals surface area contributed by atoms with Gasteiger partial charge in [-0.15, -0.1) is 0 Å². The van der Waals surface area contributed by atoms with Crippen molar-refractivity contribution in [2.75, 3.05) is 18.6 Å². The van der Waals surface area contributed by atoms with Crippen LogP contribution in [0.1, 0.15) is 0 Å². The number of nitriles is 1. The van der Waals surface area contributed by atoms with Crippen LogP contribution in [0, 0.1) is 21.4 Å². The lowest BCUT2D eigenvalue weighted by atomic mass is 10.2. The molecule has 1 aliphatic heterocycles. The molecule has 0 spiro atoms. The average molecular weight is 402 g/mol. The monoisotopic (exact) mass is 401 g/mol. The number of hydrogen-bond donors (Lipinski definition) is 0. The molecule has 1 heterocycles. The van der Waals surface area contributed by atoms with Crippen molar-refractivity contribution in [2.24, 2.45) is 0 Å². The van der Waals surface area contributed by atoms with Gasteiger partial charge in [-0.25, -0.2) is 0 Å². The summed E-state index contributed by atoms with van der Waals surface area (Å²) in [5, 5.41) is 21.3. The lowest BCUT2D eigenvalue weighted by Crippen LogP contribution is -2.19. The lowest BCUT2D eigenvalue weighted by Gasteiger charge is -2.14. The molecular weight excluding hydrogens is 390 g/mol. The molecule has 0 atom stereocenters. The Kier molecular flexibility index (Phi) is 5.35. The van der Waals surface area contributed by atoms with Crippen molar-refractivity contribution >= 4 is 40.5 Å². The Labute approximate surface area is 163 Å². The fraction of sp³-hybridized carbons (Fsp3) is 0.111. The van der Waals surface area contributed by atoms with Crippen molar-refractivity contribution in [1.82, 2.24) is 0 Å². The van der Waals surface area contributed by atoms with Crippen molar-refractivity contribution in [3.8, 4) is 11.8 Å². The molecule has 136 valence electrons. The summed E-state index contributed by atoms with van der Waals surface area (Å²) in [5.41, 5.74) is 0.490. The minimum atomic E-state index is -0.646. The van der Waals surface area contributed by atoms with E-state index >= 15 is 0 Å². The summed E-state index contributed by atoms with van der Waals surface area (Å²) >= 11 is 7.08. The van der Waals surface area contributed by atoms with Crippen LogP contribution in [-0.2, 0) is 4.79 Å². The number of nitro benzene ring substituents is 1. The maximum absolute atomic E-state index is 12.5. The molecule has 0 N–H and O–H groups in total. The summed E-state index contributed by atoms with van der Waals surface area (Å²) in [6.45, 7) is -0.500. The number of ketones is 1. The number of halogens is 1. The lowest BCUT2D eigenvalue weighted by molar-refractivity contribution is -0.385. The molecule has 2 aromatic rings. The van der Waals surface area contributed by atoms with E-state index in [-0.39, 0.29) is 22.0 Å². The molecule has 9 heteroatoms. The number of ether oxygens (including phenoxy) is 1. The van der Waals surface area contributed by atoms with Crippen molar-refractivity contribution in [1.29, 1.82) is 5.26 Å². The van der Waals surface area contributed by atoms with Crippen LogP contribution in [0.3, 0.4) is 0 Å². The number of carbonyl (C=O) groups is 1. The van der Waals surface area contributed by atoms with E-state index in [0.717, 1.165) is 16.6 Å². The molecular formula is C18H12ClN3O4S. The van der Waals surface area contributed by atoms with Gasteiger partial charge in [0.15, 0.2) is 12.4 Å². The van der Waals surface area contributed by atoms with Gasteiger partial charge in [0.2, 0.25) is 5.78 Å². The number of anilines is 1. The average Bonchev–Trinajstić information content (AvgIpc) is 2.98. The normalized spacial score (nSPS) is 14.3. The first kappa shape index (κ1) is 18.8. The number of hydrogen-bond acceptors (Lipinski definition) is 7. The van der Waals surface area contributed by atoms with Gasteiger partial charge in [0, 0.05) is 23.0 Å². The Balaban J connectivity index is 1.82. The predicted octanol–water partition coefficient (Wildman–Crippen LogP) is 4.17. The number of nitro groups is 1. The van der Waals surface area contributed by atoms with Crippen molar-refractivity contribution in [2.45, 2.75) is 4.90 Å².